The number of aromatic nitrogens is 3. The molecule has 7 rings (SSSR count). The number of rotatable bonds is 9. The van der Waals surface area contributed by atoms with Gasteiger partial charge >= 0.3 is 5.97 Å². The Hall–Kier alpha value is -4.63. The van der Waals surface area contributed by atoms with Crippen LogP contribution in [-0.2, 0) is 29.0 Å². The zero-order valence-electron chi connectivity index (χ0n) is 24.9. The minimum absolute atomic E-state index is 0.00359. The zero-order valence-corrected chi connectivity index (χ0v) is 25.7. The van der Waals surface area contributed by atoms with Gasteiger partial charge < -0.3 is 23.9 Å². The summed E-state index contributed by atoms with van der Waals surface area (Å²) in [6.45, 7) is 4.71. The predicted molar refractivity (Wildman–Crippen MR) is 168 cm³/mol. The van der Waals surface area contributed by atoms with Crippen molar-refractivity contribution in [2.75, 3.05) is 19.8 Å². The normalized spacial score (nSPS) is 16.7. The van der Waals surface area contributed by atoms with E-state index in [0.717, 1.165) is 28.3 Å². The number of carboxylic acid groups (broad SMARTS) is 1. The van der Waals surface area contributed by atoms with E-state index in [1.165, 1.54) is 17.4 Å². The van der Waals surface area contributed by atoms with Crippen LogP contribution in [0.15, 0.2) is 60.7 Å². The van der Waals surface area contributed by atoms with Crippen LogP contribution in [0.1, 0.15) is 44.8 Å². The minimum atomic E-state index is -1.06. The quantitative estimate of drug-likeness (QED) is 0.184. The number of imidazole rings is 1. The van der Waals surface area contributed by atoms with Crippen LogP contribution in [-0.4, -0.2) is 51.5 Å². The van der Waals surface area contributed by atoms with Crippen molar-refractivity contribution >= 4 is 28.3 Å². The Morgan fingerprint density at radius 3 is 2.72 bits per heavy atom. The first-order chi connectivity index (χ1) is 22.2. The van der Waals surface area contributed by atoms with E-state index < -0.39 is 17.6 Å². The molecule has 3 aromatic heterocycles. The fourth-order valence-corrected chi connectivity index (χ4v) is 6.15. The molecular weight excluding hydrogens is 612 g/mol. The highest BCUT2D eigenvalue weighted by Gasteiger charge is 2.31. The third-order valence-electron chi connectivity index (χ3n) is 8.09. The Morgan fingerprint density at radius 2 is 1.98 bits per heavy atom. The van der Waals surface area contributed by atoms with E-state index in [9.17, 15) is 9.90 Å². The Morgan fingerprint density at radius 1 is 1.13 bits per heavy atom. The van der Waals surface area contributed by atoms with E-state index in [-0.39, 0.29) is 52.8 Å². The Kier molecular flexibility index (Phi) is 8.02. The Balaban J connectivity index is 1.09. The average molecular weight is 642 g/mol. The number of aromatic carboxylic acids is 1. The highest BCUT2D eigenvalue weighted by molar-refractivity contribution is 7.12. The van der Waals surface area contributed by atoms with Gasteiger partial charge in [-0.2, -0.15) is 0 Å². The molecule has 0 saturated carbocycles. The molecule has 5 aromatic rings. The fourth-order valence-electron chi connectivity index (χ4n) is 5.37. The number of carbonyl (C=O) groups is 1. The number of nitrogens with zero attached hydrogens (tertiary/aromatic N) is 3. The van der Waals surface area contributed by atoms with Crippen LogP contribution in [0.3, 0.4) is 0 Å². The van der Waals surface area contributed by atoms with Crippen LogP contribution in [0.2, 0.25) is 0 Å². The summed E-state index contributed by atoms with van der Waals surface area (Å²) >= 11 is 1.53. The van der Waals surface area contributed by atoms with Crippen molar-refractivity contribution in [1.82, 2.24) is 14.5 Å². The van der Waals surface area contributed by atoms with Crippen LogP contribution in [0.5, 0.6) is 5.88 Å². The van der Waals surface area contributed by atoms with Crippen LogP contribution in [0.25, 0.3) is 22.3 Å². The van der Waals surface area contributed by atoms with Crippen molar-refractivity contribution < 1.29 is 32.9 Å². The third-order valence-corrected chi connectivity index (χ3v) is 9.06. The Bertz CT molecular complexity index is 2020. The van der Waals surface area contributed by atoms with E-state index in [4.69, 9.17) is 14.2 Å². The molecule has 234 valence electrons. The molecule has 1 atom stereocenters. The van der Waals surface area contributed by atoms with Gasteiger partial charge in [0.2, 0.25) is 5.88 Å². The molecule has 2 aliphatic rings. The first-order valence-electron chi connectivity index (χ1n) is 14.8. The molecule has 11 heteroatoms. The molecule has 5 heterocycles. The van der Waals surface area contributed by atoms with E-state index in [1.54, 1.807) is 30.3 Å². The molecule has 0 spiro atoms. The minimum Gasteiger partial charge on any atom is -0.478 e. The van der Waals surface area contributed by atoms with Crippen molar-refractivity contribution in [1.29, 1.82) is 0 Å². The first kappa shape index (κ1) is 30.0. The number of pyridine rings is 1. The maximum atomic E-state index is 15.6. The van der Waals surface area contributed by atoms with Gasteiger partial charge in [0.15, 0.2) is 0 Å². The summed E-state index contributed by atoms with van der Waals surface area (Å²) in [4.78, 5) is 22.6. The van der Waals surface area contributed by atoms with Crippen molar-refractivity contribution in [3.8, 4) is 29.0 Å². The summed E-state index contributed by atoms with van der Waals surface area (Å²) in [5, 5.41) is 9.49. The van der Waals surface area contributed by atoms with Crippen molar-refractivity contribution in [3.05, 3.63) is 99.0 Å². The second kappa shape index (κ2) is 12.3. The summed E-state index contributed by atoms with van der Waals surface area (Å²) in [5.74, 6) is 4.95. The standard InChI is InChI=1S/C35H29F2N3O5S/c1-35(19-43-20-35)11-9-24-6-7-25(46-24)18-45-33-4-2-3-29(39-33)26-16-27(36)22(13-28(26)37)15-32-38-30-8-5-21(34(41)42)14-31(30)40(32)17-23-10-12-44-23/h2-8,13-14,16,23H,10,12,15,17-20H2,1H3,(H,41,42)/t23-/m0/s1. The van der Waals surface area contributed by atoms with Crippen LogP contribution in [0, 0.1) is 28.9 Å². The third kappa shape index (κ3) is 6.24. The number of benzene rings is 2. The molecule has 46 heavy (non-hydrogen) atoms. The highest BCUT2D eigenvalue weighted by atomic mass is 32.1. The number of hydrogen-bond donors (Lipinski definition) is 1. The molecule has 1 N–H and O–H groups in total. The molecule has 0 amide bonds. The van der Waals surface area contributed by atoms with Gasteiger partial charge in [0, 0.05) is 29.5 Å². The van der Waals surface area contributed by atoms with E-state index in [2.05, 4.69) is 28.7 Å². The molecular formula is C35H29F2N3O5S. The molecule has 0 bridgehead atoms. The fraction of sp³-hybridized carbons (Fsp3) is 0.286. The summed E-state index contributed by atoms with van der Waals surface area (Å²) in [6.07, 6.45) is 0.800. The highest BCUT2D eigenvalue weighted by Crippen LogP contribution is 2.30. The van der Waals surface area contributed by atoms with E-state index >= 15 is 8.78 Å². The molecule has 8 nitrogen and oxygen atoms in total. The number of halogens is 2. The maximum Gasteiger partial charge on any atom is 0.335 e. The lowest BCUT2D eigenvalue weighted by Crippen LogP contribution is -2.38. The maximum absolute atomic E-state index is 15.6. The summed E-state index contributed by atoms with van der Waals surface area (Å²) < 4.78 is 49.7. The lowest BCUT2D eigenvalue weighted by atomic mass is 9.90. The number of thiophene rings is 1. The lowest BCUT2D eigenvalue weighted by molar-refractivity contribution is -0.0648. The lowest BCUT2D eigenvalue weighted by Gasteiger charge is -2.32. The second-order valence-corrected chi connectivity index (χ2v) is 12.9. The van der Waals surface area contributed by atoms with Gasteiger partial charge in [0.1, 0.15) is 24.1 Å². The molecule has 0 radical (unpaired) electrons. The molecule has 2 aromatic carbocycles. The van der Waals surface area contributed by atoms with Gasteiger partial charge in [-0.25, -0.2) is 23.5 Å². The van der Waals surface area contributed by atoms with Gasteiger partial charge in [0.05, 0.1) is 58.4 Å². The Labute approximate surface area is 267 Å². The van der Waals surface area contributed by atoms with Crippen LogP contribution < -0.4 is 4.74 Å². The van der Waals surface area contributed by atoms with Gasteiger partial charge in [-0.05, 0) is 67.4 Å². The molecule has 2 fully saturated rings. The summed E-state index contributed by atoms with van der Waals surface area (Å²) in [6, 6.07) is 15.8. The van der Waals surface area contributed by atoms with Gasteiger partial charge in [0.25, 0.3) is 0 Å². The monoisotopic (exact) mass is 641 g/mol. The molecule has 0 unspecified atom stereocenters. The number of hydrogen-bond acceptors (Lipinski definition) is 7. The van der Waals surface area contributed by atoms with Crippen LogP contribution >= 0.6 is 11.3 Å². The van der Waals surface area contributed by atoms with Crippen LogP contribution in [0.4, 0.5) is 8.78 Å². The summed E-state index contributed by atoms with van der Waals surface area (Å²) in [5.41, 5.74) is 1.58. The summed E-state index contributed by atoms with van der Waals surface area (Å²) in [7, 11) is 0. The second-order valence-electron chi connectivity index (χ2n) is 11.7. The zero-order chi connectivity index (χ0) is 31.8. The van der Waals surface area contributed by atoms with E-state index in [1.807, 2.05) is 16.7 Å². The SMILES string of the molecule is CC1(C#Cc2ccc(COc3cccc(-c4cc(F)c(Cc5nc6ccc(C(=O)O)cc6n5C[C@@H]5CCO5)cc4F)n3)s2)COC1. The van der Waals surface area contributed by atoms with Crippen molar-refractivity contribution in [2.45, 2.75) is 39.0 Å². The number of fused-ring (bicyclic) bond motifs is 1. The van der Waals surface area contributed by atoms with Crippen molar-refractivity contribution in [3.63, 3.8) is 0 Å². The number of carboxylic acids is 1. The van der Waals surface area contributed by atoms with E-state index in [0.29, 0.717) is 43.2 Å². The average Bonchev–Trinajstić information content (AvgIpc) is 3.61. The molecule has 0 aliphatic carbocycles. The molecule has 2 saturated heterocycles. The predicted octanol–water partition coefficient (Wildman–Crippen LogP) is 6.48. The topological polar surface area (TPSA) is 95.7 Å². The van der Waals surface area contributed by atoms with Gasteiger partial charge in [-0.3, -0.25) is 0 Å². The largest absolute Gasteiger partial charge is 0.478 e. The van der Waals surface area contributed by atoms with Crippen molar-refractivity contribution in [2.24, 2.45) is 5.41 Å². The molecule has 2 aliphatic heterocycles. The van der Waals surface area contributed by atoms with Gasteiger partial charge in [-0.1, -0.05) is 17.9 Å². The first-order valence-corrected chi connectivity index (χ1v) is 15.7. The van der Waals surface area contributed by atoms with Gasteiger partial charge in [-0.15, -0.1) is 11.3 Å². The smallest absolute Gasteiger partial charge is 0.335 e. The number of ether oxygens (including phenoxy) is 3.